The molecule has 0 radical (unpaired) electrons. The van der Waals surface area contributed by atoms with E-state index in [-0.39, 0.29) is 0 Å². The number of hydrogen-bond donors (Lipinski definition) is 2. The first-order chi connectivity index (χ1) is 12.4. The lowest BCUT2D eigenvalue weighted by atomic mass is 10.1. The van der Waals surface area contributed by atoms with E-state index in [1.165, 1.54) is 0 Å². The second-order valence-corrected chi connectivity index (χ2v) is 6.33. The van der Waals surface area contributed by atoms with Crippen LogP contribution in [0.1, 0.15) is 6.92 Å². The van der Waals surface area contributed by atoms with Gasteiger partial charge >= 0.3 is 34.5 Å². The Bertz CT molecular complexity index is 632. The Balaban J connectivity index is 5.17. The summed E-state index contributed by atoms with van der Waals surface area (Å²) in [6, 6.07) is -2.04. The highest BCUT2D eigenvalue weighted by molar-refractivity contribution is 6.23. The SMILES string of the molecule is CC(CNC(=O)C(F)(F)C(F)(F)C(F)(F)Cl)NC(=O)C(F)(F)C(F)(F)C(F)(F)Cl. The minimum atomic E-state index is -6.42. The lowest BCUT2D eigenvalue weighted by molar-refractivity contribution is -0.269. The first-order valence-corrected chi connectivity index (χ1v) is 7.44. The van der Waals surface area contributed by atoms with E-state index in [1.54, 1.807) is 0 Å². The van der Waals surface area contributed by atoms with Crippen LogP contribution in [0.2, 0.25) is 0 Å². The van der Waals surface area contributed by atoms with Crippen LogP contribution < -0.4 is 10.6 Å². The van der Waals surface area contributed by atoms with Crippen LogP contribution in [0, 0.1) is 0 Å². The van der Waals surface area contributed by atoms with Crippen LogP contribution in [0.3, 0.4) is 0 Å². The van der Waals surface area contributed by atoms with Gasteiger partial charge in [0.2, 0.25) is 0 Å². The number of alkyl halides is 14. The first kappa shape index (κ1) is 27.7. The quantitative estimate of drug-likeness (QED) is 0.375. The highest BCUT2D eigenvalue weighted by atomic mass is 35.5. The third-order valence-corrected chi connectivity index (χ3v) is 3.49. The van der Waals surface area contributed by atoms with Crippen molar-refractivity contribution >= 4 is 35.0 Å². The van der Waals surface area contributed by atoms with Crippen LogP contribution in [-0.2, 0) is 9.59 Å². The molecule has 0 aliphatic heterocycles. The summed E-state index contributed by atoms with van der Waals surface area (Å²) in [5.74, 6) is -31.3. The highest BCUT2D eigenvalue weighted by Crippen LogP contribution is 2.49. The zero-order chi connectivity index (χ0) is 23.9. The summed E-state index contributed by atoms with van der Waals surface area (Å²) in [7, 11) is 0. The maximum Gasteiger partial charge on any atom is 0.395 e. The average Bonchev–Trinajstić information content (AvgIpc) is 2.49. The Morgan fingerprint density at radius 3 is 1.34 bits per heavy atom. The summed E-state index contributed by atoms with van der Waals surface area (Å²) in [6.07, 6.45) is 0. The van der Waals surface area contributed by atoms with Gasteiger partial charge in [0.05, 0.1) is 0 Å². The van der Waals surface area contributed by atoms with E-state index < -0.39 is 58.9 Å². The number of carbonyl (C=O) groups excluding carboxylic acids is 2. The number of halogens is 14. The van der Waals surface area contributed by atoms with E-state index in [0.717, 1.165) is 10.6 Å². The van der Waals surface area contributed by atoms with Crippen molar-refractivity contribution in [3.05, 3.63) is 0 Å². The standard InChI is InChI=1S/C11H8Cl2F12N2O2/c1-3(27-5(29)7(16,17)9(20,21)11(13,24)25)2-26-4(28)6(14,15)8(18,19)10(12,22)23/h3H,2H2,1H3,(H,26,28)(H,27,29). The summed E-state index contributed by atoms with van der Waals surface area (Å²) in [4.78, 5) is 22.1. The minimum absolute atomic E-state index is 0.539. The molecule has 0 saturated heterocycles. The number of nitrogens with one attached hydrogen (secondary N) is 2. The van der Waals surface area contributed by atoms with Crippen LogP contribution in [0.25, 0.3) is 0 Å². The van der Waals surface area contributed by atoms with Gasteiger partial charge in [-0.05, 0) is 30.1 Å². The molecule has 2 N–H and O–H groups in total. The largest absolute Gasteiger partial charge is 0.395 e. The van der Waals surface area contributed by atoms with Crippen molar-refractivity contribution in [3.63, 3.8) is 0 Å². The second kappa shape index (κ2) is 8.07. The molecule has 0 bridgehead atoms. The molecule has 18 heteroatoms. The Kier molecular flexibility index (Phi) is 7.71. The number of hydrogen-bond acceptors (Lipinski definition) is 2. The fraction of sp³-hybridized carbons (Fsp3) is 0.818. The molecule has 0 aromatic heterocycles. The van der Waals surface area contributed by atoms with Crippen LogP contribution >= 0.6 is 23.2 Å². The first-order valence-electron chi connectivity index (χ1n) is 6.68. The van der Waals surface area contributed by atoms with Crippen molar-refractivity contribution in [3.8, 4) is 0 Å². The van der Waals surface area contributed by atoms with Gasteiger partial charge < -0.3 is 10.6 Å². The van der Waals surface area contributed by atoms with Crippen molar-refractivity contribution in [2.75, 3.05) is 6.54 Å². The number of carbonyl (C=O) groups is 2. The molecule has 0 aromatic rings. The fourth-order valence-corrected chi connectivity index (χ4v) is 1.60. The van der Waals surface area contributed by atoms with Gasteiger partial charge in [-0.25, -0.2) is 0 Å². The van der Waals surface area contributed by atoms with Gasteiger partial charge in [-0.15, -0.1) is 0 Å². The molecule has 2 amide bonds. The third-order valence-electron chi connectivity index (χ3n) is 3.02. The Hall–Kier alpha value is -1.32. The Morgan fingerprint density at radius 1 is 0.724 bits per heavy atom. The molecule has 29 heavy (non-hydrogen) atoms. The summed E-state index contributed by atoms with van der Waals surface area (Å²) in [5.41, 5.74) is 0. The van der Waals surface area contributed by atoms with Gasteiger partial charge in [0.15, 0.2) is 0 Å². The molecule has 0 aromatic carbocycles. The number of rotatable bonds is 9. The fourth-order valence-electron chi connectivity index (χ4n) is 1.36. The maximum absolute atomic E-state index is 13.2. The zero-order valence-corrected chi connectivity index (χ0v) is 14.9. The molecular formula is C11H8Cl2F12N2O2. The van der Waals surface area contributed by atoms with E-state index in [1.807, 2.05) is 0 Å². The minimum Gasteiger partial charge on any atom is -0.349 e. The molecule has 172 valence electrons. The third kappa shape index (κ3) is 5.24. The van der Waals surface area contributed by atoms with E-state index in [4.69, 9.17) is 0 Å². The van der Waals surface area contributed by atoms with Crippen LogP contribution in [0.4, 0.5) is 52.7 Å². The molecule has 0 fully saturated rings. The lowest BCUT2D eigenvalue weighted by Gasteiger charge is -2.30. The van der Waals surface area contributed by atoms with E-state index in [0.29, 0.717) is 6.92 Å². The lowest BCUT2D eigenvalue weighted by Crippen LogP contribution is -2.62. The zero-order valence-electron chi connectivity index (χ0n) is 13.4. The summed E-state index contributed by atoms with van der Waals surface area (Å²) in [5, 5.41) is -10.1. The molecule has 1 unspecified atom stereocenters. The van der Waals surface area contributed by atoms with Crippen molar-refractivity contribution in [2.45, 2.75) is 47.4 Å². The van der Waals surface area contributed by atoms with E-state index in [2.05, 4.69) is 23.2 Å². The molecule has 4 nitrogen and oxygen atoms in total. The van der Waals surface area contributed by atoms with Gasteiger partial charge in [-0.2, -0.15) is 52.7 Å². The molecule has 0 rings (SSSR count). The molecule has 0 heterocycles. The average molecular weight is 499 g/mol. The smallest absolute Gasteiger partial charge is 0.349 e. The van der Waals surface area contributed by atoms with Gasteiger partial charge in [0, 0.05) is 12.6 Å². The Labute approximate surface area is 162 Å². The van der Waals surface area contributed by atoms with Crippen LogP contribution in [0.15, 0.2) is 0 Å². The summed E-state index contributed by atoms with van der Waals surface area (Å²) < 4.78 is 154. The van der Waals surface area contributed by atoms with Crippen LogP contribution in [-0.4, -0.2) is 58.9 Å². The topological polar surface area (TPSA) is 58.2 Å². The molecule has 0 saturated carbocycles. The molecule has 0 aliphatic carbocycles. The number of amides is 2. The van der Waals surface area contributed by atoms with Gasteiger partial charge in [0.1, 0.15) is 0 Å². The predicted molar refractivity (Wildman–Crippen MR) is 72.0 cm³/mol. The second-order valence-electron chi connectivity index (χ2n) is 5.38. The van der Waals surface area contributed by atoms with Gasteiger partial charge in [-0.1, -0.05) is 0 Å². The highest BCUT2D eigenvalue weighted by Gasteiger charge is 2.75. The normalized spacial score (nSPS) is 15.7. The van der Waals surface area contributed by atoms with Gasteiger partial charge in [-0.3, -0.25) is 9.59 Å². The Morgan fingerprint density at radius 2 is 1.03 bits per heavy atom. The predicted octanol–water partition coefficient (Wildman–Crippen LogP) is 3.81. The van der Waals surface area contributed by atoms with Gasteiger partial charge in [0.25, 0.3) is 11.8 Å². The molecule has 1 atom stereocenters. The monoisotopic (exact) mass is 498 g/mol. The van der Waals surface area contributed by atoms with E-state index >= 15 is 0 Å². The van der Waals surface area contributed by atoms with Crippen molar-refractivity contribution in [2.24, 2.45) is 0 Å². The summed E-state index contributed by atoms with van der Waals surface area (Å²) >= 11 is 7.58. The molecular weight excluding hydrogens is 491 g/mol. The van der Waals surface area contributed by atoms with Crippen LogP contribution in [0.5, 0.6) is 0 Å². The molecule has 0 aliphatic rings. The van der Waals surface area contributed by atoms with Crippen molar-refractivity contribution < 1.29 is 62.3 Å². The summed E-state index contributed by atoms with van der Waals surface area (Å²) in [6.45, 7) is -0.944. The van der Waals surface area contributed by atoms with E-state index in [9.17, 15) is 62.3 Å². The maximum atomic E-state index is 13.2. The molecule has 0 spiro atoms. The van der Waals surface area contributed by atoms with Crippen molar-refractivity contribution in [1.29, 1.82) is 0 Å². The van der Waals surface area contributed by atoms with Crippen molar-refractivity contribution in [1.82, 2.24) is 10.6 Å².